The molecule has 0 aliphatic carbocycles. The number of hydrogen-bond acceptors (Lipinski definition) is 3. The van der Waals surface area contributed by atoms with E-state index in [1.807, 2.05) is 44.2 Å². The van der Waals surface area contributed by atoms with E-state index < -0.39 is 5.97 Å². The molecule has 0 saturated carbocycles. The third-order valence-corrected chi connectivity index (χ3v) is 2.83. The highest BCUT2D eigenvalue weighted by Gasteiger charge is 2.14. The van der Waals surface area contributed by atoms with Gasteiger partial charge in [-0.2, -0.15) is 0 Å². The lowest BCUT2D eigenvalue weighted by Gasteiger charge is -2.11. The molecule has 0 spiro atoms. The third-order valence-electron chi connectivity index (χ3n) is 2.83. The fraction of sp³-hybridized carbons (Fsp3) is 0.333. The van der Waals surface area contributed by atoms with Crippen molar-refractivity contribution in [3.63, 3.8) is 0 Å². The van der Waals surface area contributed by atoms with E-state index in [4.69, 9.17) is 4.74 Å². The first kappa shape index (κ1) is 15.0. The number of carbonyl (C=O) groups is 2. The van der Waals surface area contributed by atoms with Crippen LogP contribution in [0.4, 0.5) is 0 Å². The van der Waals surface area contributed by atoms with Gasteiger partial charge in [-0.3, -0.25) is 4.79 Å². The molecule has 0 aromatic heterocycles. The van der Waals surface area contributed by atoms with Crippen LogP contribution in [-0.2, 0) is 20.9 Å². The van der Waals surface area contributed by atoms with E-state index >= 15 is 0 Å². The Balaban J connectivity index is 2.73. The van der Waals surface area contributed by atoms with E-state index in [0.717, 1.165) is 11.1 Å². The van der Waals surface area contributed by atoms with E-state index in [1.165, 1.54) is 0 Å². The minimum absolute atomic E-state index is 0.199. The molecule has 4 heteroatoms. The van der Waals surface area contributed by atoms with E-state index in [9.17, 15) is 9.59 Å². The number of allylic oxidation sites excluding steroid dienone is 1. The average Bonchev–Trinajstić information content (AvgIpc) is 2.46. The molecule has 0 atom stereocenters. The zero-order valence-electron chi connectivity index (χ0n) is 11.3. The summed E-state index contributed by atoms with van der Waals surface area (Å²) in [5, 5.41) is 2.45. The summed E-state index contributed by atoms with van der Waals surface area (Å²) in [5.74, 6) is -0.491. The van der Waals surface area contributed by atoms with Crippen molar-refractivity contribution in [1.82, 2.24) is 5.32 Å². The number of esters is 1. The van der Waals surface area contributed by atoms with Crippen LogP contribution in [0.15, 0.2) is 41.6 Å². The summed E-state index contributed by atoms with van der Waals surface area (Å²) in [6, 6.07) is 9.42. The zero-order chi connectivity index (χ0) is 14.1. The number of carbonyl (C=O) groups excluding carboxylic acids is 2. The summed E-state index contributed by atoms with van der Waals surface area (Å²) < 4.78 is 5.21. The van der Waals surface area contributed by atoms with Crippen molar-refractivity contribution in [2.45, 2.75) is 33.3 Å². The van der Waals surface area contributed by atoms with E-state index in [0.29, 0.717) is 19.3 Å². The lowest BCUT2D eigenvalue weighted by Crippen LogP contribution is -2.23. The van der Waals surface area contributed by atoms with Crippen LogP contribution in [0.3, 0.4) is 0 Å². The van der Waals surface area contributed by atoms with Crippen molar-refractivity contribution in [3.05, 3.63) is 47.2 Å². The van der Waals surface area contributed by atoms with Gasteiger partial charge in [0.2, 0.25) is 6.41 Å². The second kappa shape index (κ2) is 8.08. The molecule has 1 N–H and O–H groups in total. The van der Waals surface area contributed by atoms with Crippen LogP contribution in [0.5, 0.6) is 0 Å². The molecule has 102 valence electrons. The molecular formula is C15H19NO3. The highest BCUT2D eigenvalue weighted by Crippen LogP contribution is 2.13. The summed E-state index contributed by atoms with van der Waals surface area (Å²) in [7, 11) is 0. The van der Waals surface area contributed by atoms with Gasteiger partial charge in [-0.25, -0.2) is 4.79 Å². The number of nitrogens with one attached hydrogen (secondary N) is 1. The molecule has 0 saturated heterocycles. The molecule has 1 amide bonds. The molecule has 0 unspecified atom stereocenters. The topological polar surface area (TPSA) is 55.4 Å². The van der Waals surface area contributed by atoms with Crippen molar-refractivity contribution in [1.29, 1.82) is 0 Å². The summed E-state index contributed by atoms with van der Waals surface area (Å²) in [6.45, 7) is 4.08. The number of amides is 1. The molecule has 0 aliphatic rings. The fourth-order valence-corrected chi connectivity index (χ4v) is 1.76. The molecule has 0 heterocycles. The predicted molar refractivity (Wildman–Crippen MR) is 73.0 cm³/mol. The van der Waals surface area contributed by atoms with Gasteiger partial charge < -0.3 is 10.1 Å². The van der Waals surface area contributed by atoms with Crippen LogP contribution in [0, 0.1) is 0 Å². The first-order valence-corrected chi connectivity index (χ1v) is 6.36. The van der Waals surface area contributed by atoms with Gasteiger partial charge >= 0.3 is 5.97 Å². The van der Waals surface area contributed by atoms with Crippen LogP contribution in [0.25, 0.3) is 0 Å². The highest BCUT2D eigenvalue weighted by molar-refractivity contribution is 5.91. The molecule has 4 nitrogen and oxygen atoms in total. The maximum absolute atomic E-state index is 12.0. The Morgan fingerprint density at radius 3 is 2.37 bits per heavy atom. The van der Waals surface area contributed by atoms with Gasteiger partial charge in [0, 0.05) is 0 Å². The Kier molecular flexibility index (Phi) is 6.36. The van der Waals surface area contributed by atoms with Gasteiger partial charge in [0.15, 0.2) is 0 Å². The van der Waals surface area contributed by atoms with Crippen molar-refractivity contribution >= 4 is 12.4 Å². The molecule has 1 rings (SSSR count). The van der Waals surface area contributed by atoms with Gasteiger partial charge in [0.1, 0.15) is 12.3 Å². The van der Waals surface area contributed by atoms with Crippen molar-refractivity contribution < 1.29 is 14.3 Å². The molecule has 0 aliphatic heterocycles. The van der Waals surface area contributed by atoms with E-state index in [2.05, 4.69) is 5.32 Å². The van der Waals surface area contributed by atoms with Gasteiger partial charge in [-0.05, 0) is 24.0 Å². The average molecular weight is 261 g/mol. The maximum Gasteiger partial charge on any atom is 0.355 e. The molecule has 0 radical (unpaired) electrons. The van der Waals surface area contributed by atoms with Crippen LogP contribution in [-0.4, -0.2) is 12.4 Å². The van der Waals surface area contributed by atoms with Crippen LogP contribution < -0.4 is 5.32 Å². The van der Waals surface area contributed by atoms with Gasteiger partial charge in [-0.15, -0.1) is 0 Å². The molecule has 1 aromatic carbocycles. The smallest absolute Gasteiger partial charge is 0.355 e. The van der Waals surface area contributed by atoms with E-state index in [1.54, 1.807) is 0 Å². The Morgan fingerprint density at radius 2 is 1.84 bits per heavy atom. The summed E-state index contributed by atoms with van der Waals surface area (Å²) in [4.78, 5) is 22.5. The SMILES string of the molecule is CCC(CC)=C(NC=O)C(=O)OCc1ccccc1. The highest BCUT2D eigenvalue weighted by atomic mass is 16.5. The monoisotopic (exact) mass is 261 g/mol. The first-order valence-electron chi connectivity index (χ1n) is 6.36. The Bertz CT molecular complexity index is 446. The summed E-state index contributed by atoms with van der Waals surface area (Å²) in [5.41, 5.74) is 2.05. The zero-order valence-corrected chi connectivity index (χ0v) is 11.3. The van der Waals surface area contributed by atoms with Gasteiger partial charge in [0.25, 0.3) is 0 Å². The standard InChI is InChI=1S/C15H19NO3/c1-3-13(4-2)14(16-11-17)15(18)19-10-12-8-6-5-7-9-12/h5-9,11H,3-4,10H2,1-2H3,(H,16,17). The minimum Gasteiger partial charge on any atom is -0.456 e. The summed E-state index contributed by atoms with van der Waals surface area (Å²) >= 11 is 0. The number of hydrogen-bond donors (Lipinski definition) is 1. The molecule has 19 heavy (non-hydrogen) atoms. The quantitative estimate of drug-likeness (QED) is 0.466. The Morgan fingerprint density at radius 1 is 1.21 bits per heavy atom. The minimum atomic E-state index is -0.491. The lowest BCUT2D eigenvalue weighted by molar-refractivity contribution is -0.141. The van der Waals surface area contributed by atoms with Crippen molar-refractivity contribution in [2.24, 2.45) is 0 Å². The van der Waals surface area contributed by atoms with Crippen LogP contribution in [0.2, 0.25) is 0 Å². The van der Waals surface area contributed by atoms with Gasteiger partial charge in [-0.1, -0.05) is 44.2 Å². The van der Waals surface area contributed by atoms with Crippen LogP contribution >= 0.6 is 0 Å². The number of rotatable bonds is 7. The molecular weight excluding hydrogens is 242 g/mol. The third kappa shape index (κ3) is 4.58. The van der Waals surface area contributed by atoms with Crippen molar-refractivity contribution in [3.8, 4) is 0 Å². The summed E-state index contributed by atoms with van der Waals surface area (Å²) in [6.07, 6.45) is 1.91. The Hall–Kier alpha value is -2.10. The predicted octanol–water partition coefficient (Wildman–Crippen LogP) is 2.55. The van der Waals surface area contributed by atoms with Crippen LogP contribution in [0.1, 0.15) is 32.3 Å². The van der Waals surface area contributed by atoms with Gasteiger partial charge in [0.05, 0.1) is 0 Å². The molecule has 0 fully saturated rings. The number of benzene rings is 1. The molecule has 1 aromatic rings. The first-order chi connectivity index (χ1) is 9.22. The second-order valence-electron chi connectivity index (χ2n) is 4.01. The van der Waals surface area contributed by atoms with Crippen molar-refractivity contribution in [2.75, 3.05) is 0 Å². The number of ether oxygens (including phenoxy) is 1. The fourth-order valence-electron chi connectivity index (χ4n) is 1.76. The normalized spacial score (nSPS) is 9.58. The largest absolute Gasteiger partial charge is 0.456 e. The maximum atomic E-state index is 12.0. The lowest BCUT2D eigenvalue weighted by atomic mass is 10.1. The second-order valence-corrected chi connectivity index (χ2v) is 4.01. The Labute approximate surface area is 113 Å². The van der Waals surface area contributed by atoms with E-state index in [-0.39, 0.29) is 12.3 Å². The molecule has 0 bridgehead atoms.